The maximum Gasteiger partial charge on any atom is 0.261 e. The monoisotopic (exact) mass is 383 g/mol. The van der Waals surface area contributed by atoms with Gasteiger partial charge in [0.1, 0.15) is 0 Å². The number of anilines is 2. The standard InChI is InChI=1S/C22H29N3O3/c1-14-3-4-15(2)24(14)16-5-6-20-18(11-16)21(19-13-28-10-8-23-19)22(26)25(20)17-7-9-27-12-17/h5-6,11,14-15,17,23H,3-4,7-10,12-13H2,1-2H3/b21-19-. The molecule has 1 N–H and O–H groups in total. The third kappa shape index (κ3) is 2.81. The minimum Gasteiger partial charge on any atom is -0.383 e. The lowest BCUT2D eigenvalue weighted by molar-refractivity contribution is -0.113. The van der Waals surface area contributed by atoms with Gasteiger partial charge in [-0.1, -0.05) is 0 Å². The van der Waals surface area contributed by atoms with Crippen LogP contribution in [-0.2, 0) is 14.3 Å². The van der Waals surface area contributed by atoms with Gasteiger partial charge < -0.3 is 24.6 Å². The summed E-state index contributed by atoms with van der Waals surface area (Å²) in [6.45, 7) is 7.81. The Bertz CT molecular complexity index is 797. The molecular formula is C22H29N3O3. The van der Waals surface area contributed by atoms with Gasteiger partial charge in [-0.3, -0.25) is 4.79 Å². The second-order valence-electron chi connectivity index (χ2n) is 8.41. The first kappa shape index (κ1) is 18.0. The lowest BCUT2D eigenvalue weighted by Crippen LogP contribution is -2.39. The fourth-order valence-electron chi connectivity index (χ4n) is 5.18. The summed E-state index contributed by atoms with van der Waals surface area (Å²) in [6, 6.07) is 7.71. The van der Waals surface area contributed by atoms with Gasteiger partial charge in [0, 0.05) is 36.5 Å². The Morgan fingerprint density at radius 3 is 2.57 bits per heavy atom. The summed E-state index contributed by atoms with van der Waals surface area (Å²) in [6.07, 6.45) is 3.32. The van der Waals surface area contributed by atoms with Crippen LogP contribution >= 0.6 is 0 Å². The van der Waals surface area contributed by atoms with Crippen LogP contribution in [0.1, 0.15) is 38.7 Å². The van der Waals surface area contributed by atoms with Crippen LogP contribution in [0.4, 0.5) is 11.4 Å². The summed E-state index contributed by atoms with van der Waals surface area (Å²) in [4.78, 5) is 18.0. The van der Waals surface area contributed by atoms with E-state index in [2.05, 4.69) is 42.3 Å². The first-order valence-corrected chi connectivity index (χ1v) is 10.5. The molecule has 1 aromatic carbocycles. The van der Waals surface area contributed by atoms with E-state index >= 15 is 0 Å². The van der Waals surface area contributed by atoms with E-state index in [-0.39, 0.29) is 11.9 Å². The number of hydrogen-bond donors (Lipinski definition) is 1. The predicted octanol–water partition coefficient (Wildman–Crippen LogP) is 2.53. The van der Waals surface area contributed by atoms with Gasteiger partial charge in [-0.25, -0.2) is 0 Å². The molecule has 6 nitrogen and oxygen atoms in total. The number of ether oxygens (including phenoxy) is 2. The van der Waals surface area contributed by atoms with Crippen LogP contribution in [0.15, 0.2) is 23.9 Å². The van der Waals surface area contributed by atoms with E-state index in [1.54, 1.807) is 0 Å². The summed E-state index contributed by atoms with van der Waals surface area (Å²) in [5.41, 5.74) is 4.96. The van der Waals surface area contributed by atoms with Crippen molar-refractivity contribution in [3.8, 4) is 0 Å². The van der Waals surface area contributed by atoms with E-state index in [1.165, 1.54) is 18.5 Å². The molecule has 3 fully saturated rings. The minimum absolute atomic E-state index is 0.0816. The zero-order valence-electron chi connectivity index (χ0n) is 16.7. The number of nitrogens with zero attached hydrogens (tertiary/aromatic N) is 2. The zero-order valence-corrected chi connectivity index (χ0v) is 16.7. The lowest BCUT2D eigenvalue weighted by Gasteiger charge is -2.29. The van der Waals surface area contributed by atoms with Crippen molar-refractivity contribution in [1.82, 2.24) is 5.32 Å². The highest BCUT2D eigenvalue weighted by atomic mass is 16.5. The molecule has 4 aliphatic rings. The van der Waals surface area contributed by atoms with Crippen LogP contribution in [0, 0.1) is 0 Å². The van der Waals surface area contributed by atoms with Crippen LogP contribution in [0.2, 0.25) is 0 Å². The van der Waals surface area contributed by atoms with Crippen molar-refractivity contribution in [2.75, 3.05) is 42.8 Å². The second kappa shape index (κ2) is 7.08. The first-order valence-electron chi connectivity index (χ1n) is 10.5. The van der Waals surface area contributed by atoms with Crippen molar-refractivity contribution >= 4 is 22.9 Å². The van der Waals surface area contributed by atoms with Gasteiger partial charge in [0.25, 0.3) is 5.91 Å². The zero-order chi connectivity index (χ0) is 19.3. The average Bonchev–Trinajstić information content (AvgIpc) is 3.40. The number of amides is 1. The molecule has 4 heterocycles. The molecule has 0 saturated carbocycles. The molecule has 0 spiro atoms. The van der Waals surface area contributed by atoms with Gasteiger partial charge in [-0.15, -0.1) is 0 Å². The van der Waals surface area contributed by atoms with Gasteiger partial charge in [0.05, 0.1) is 42.8 Å². The Morgan fingerprint density at radius 1 is 1.07 bits per heavy atom. The van der Waals surface area contributed by atoms with Crippen LogP contribution in [-0.4, -0.2) is 57.0 Å². The van der Waals surface area contributed by atoms with E-state index in [0.717, 1.165) is 42.1 Å². The number of hydrogen-bond acceptors (Lipinski definition) is 5. The normalized spacial score (nSPS) is 32.8. The van der Waals surface area contributed by atoms with Gasteiger partial charge in [-0.05, 0) is 51.3 Å². The van der Waals surface area contributed by atoms with Crippen molar-refractivity contribution in [2.24, 2.45) is 0 Å². The quantitative estimate of drug-likeness (QED) is 0.796. The Hall–Kier alpha value is -2.05. The fraction of sp³-hybridized carbons (Fsp3) is 0.591. The number of rotatable bonds is 2. The van der Waals surface area contributed by atoms with Gasteiger partial charge >= 0.3 is 0 Å². The first-order chi connectivity index (χ1) is 13.6. The maximum atomic E-state index is 13.5. The molecule has 5 rings (SSSR count). The predicted molar refractivity (Wildman–Crippen MR) is 110 cm³/mol. The van der Waals surface area contributed by atoms with Gasteiger partial charge in [0.15, 0.2) is 0 Å². The molecule has 28 heavy (non-hydrogen) atoms. The van der Waals surface area contributed by atoms with Crippen molar-refractivity contribution in [2.45, 2.75) is 51.2 Å². The summed E-state index contributed by atoms with van der Waals surface area (Å²) >= 11 is 0. The number of morpholine rings is 1. The van der Waals surface area contributed by atoms with Crippen molar-refractivity contribution < 1.29 is 14.3 Å². The number of nitrogens with one attached hydrogen (secondary N) is 1. The number of carbonyl (C=O) groups excluding carboxylic acids is 1. The van der Waals surface area contributed by atoms with Crippen LogP contribution < -0.4 is 15.1 Å². The SMILES string of the molecule is CC1CCC(C)N1c1ccc2c(c1)/C(=C1\COCCN1)C(=O)N2C1CCOC1. The Balaban J connectivity index is 1.61. The molecular weight excluding hydrogens is 354 g/mol. The molecule has 1 aromatic rings. The molecule has 0 radical (unpaired) electrons. The molecule has 150 valence electrons. The molecule has 3 saturated heterocycles. The highest BCUT2D eigenvalue weighted by Crippen LogP contribution is 2.44. The van der Waals surface area contributed by atoms with Crippen LogP contribution in [0.3, 0.4) is 0 Å². The summed E-state index contributed by atoms with van der Waals surface area (Å²) < 4.78 is 11.2. The smallest absolute Gasteiger partial charge is 0.261 e. The van der Waals surface area contributed by atoms with Gasteiger partial charge in [-0.2, -0.15) is 0 Å². The molecule has 3 unspecified atom stereocenters. The van der Waals surface area contributed by atoms with Crippen molar-refractivity contribution in [3.63, 3.8) is 0 Å². The second-order valence-corrected chi connectivity index (χ2v) is 8.41. The lowest BCUT2D eigenvalue weighted by atomic mass is 10.0. The van der Waals surface area contributed by atoms with E-state index in [9.17, 15) is 4.79 Å². The van der Waals surface area contributed by atoms with E-state index in [0.29, 0.717) is 31.9 Å². The summed E-state index contributed by atoms with van der Waals surface area (Å²) in [7, 11) is 0. The molecule has 0 aromatic heterocycles. The Morgan fingerprint density at radius 2 is 1.89 bits per heavy atom. The number of carbonyl (C=O) groups is 1. The molecule has 3 atom stereocenters. The molecule has 0 bridgehead atoms. The maximum absolute atomic E-state index is 13.5. The summed E-state index contributed by atoms with van der Waals surface area (Å²) in [5.74, 6) is 0.0816. The molecule has 4 aliphatic heterocycles. The summed E-state index contributed by atoms with van der Waals surface area (Å²) in [5, 5.41) is 3.41. The van der Waals surface area contributed by atoms with E-state index in [1.807, 2.05) is 4.90 Å². The fourth-order valence-corrected chi connectivity index (χ4v) is 5.18. The van der Waals surface area contributed by atoms with Crippen LogP contribution in [0.25, 0.3) is 5.57 Å². The topological polar surface area (TPSA) is 54.0 Å². The average molecular weight is 383 g/mol. The minimum atomic E-state index is 0.0816. The number of fused-ring (bicyclic) bond motifs is 1. The third-order valence-corrected chi connectivity index (χ3v) is 6.60. The van der Waals surface area contributed by atoms with Gasteiger partial charge in [0.2, 0.25) is 0 Å². The van der Waals surface area contributed by atoms with Crippen molar-refractivity contribution in [3.05, 3.63) is 29.5 Å². The van der Waals surface area contributed by atoms with Crippen molar-refractivity contribution in [1.29, 1.82) is 0 Å². The van der Waals surface area contributed by atoms with Crippen LogP contribution in [0.5, 0.6) is 0 Å². The molecule has 1 amide bonds. The Kier molecular flexibility index (Phi) is 4.56. The third-order valence-electron chi connectivity index (χ3n) is 6.60. The van der Waals surface area contributed by atoms with E-state index in [4.69, 9.17) is 9.47 Å². The van der Waals surface area contributed by atoms with E-state index < -0.39 is 0 Å². The molecule has 6 heteroatoms. The number of benzene rings is 1. The molecule has 0 aliphatic carbocycles. The highest BCUT2D eigenvalue weighted by Gasteiger charge is 2.41. The Labute approximate surface area is 166 Å². The highest BCUT2D eigenvalue weighted by molar-refractivity contribution is 6.33. The largest absolute Gasteiger partial charge is 0.383 e.